The van der Waals surface area contributed by atoms with E-state index in [1.165, 1.54) is 5.56 Å². The summed E-state index contributed by atoms with van der Waals surface area (Å²) >= 11 is 0. The van der Waals surface area contributed by atoms with Gasteiger partial charge in [0.1, 0.15) is 11.7 Å². The number of epoxide rings is 1. The third-order valence-electron chi connectivity index (χ3n) is 3.16. The molecule has 2 heteroatoms. The van der Waals surface area contributed by atoms with Crippen LogP contribution in [0.15, 0.2) is 30.3 Å². The van der Waals surface area contributed by atoms with Crippen molar-refractivity contribution >= 4 is 0 Å². The number of ether oxygens (including phenoxy) is 1. The average molecular weight is 176 g/mol. The highest BCUT2D eigenvalue weighted by Crippen LogP contribution is 2.57. The molecule has 3 rings (SSSR count). The summed E-state index contributed by atoms with van der Waals surface area (Å²) in [4.78, 5) is 0. The van der Waals surface area contributed by atoms with Crippen molar-refractivity contribution in [1.29, 1.82) is 0 Å². The Labute approximate surface area is 77.2 Å². The molecule has 0 unspecified atom stereocenters. The van der Waals surface area contributed by atoms with Crippen molar-refractivity contribution in [3.05, 3.63) is 35.9 Å². The van der Waals surface area contributed by atoms with E-state index in [-0.39, 0.29) is 17.8 Å². The van der Waals surface area contributed by atoms with Gasteiger partial charge in [-0.25, -0.2) is 0 Å². The van der Waals surface area contributed by atoms with Gasteiger partial charge in [0.25, 0.3) is 0 Å². The second kappa shape index (κ2) is 2.34. The monoisotopic (exact) mass is 176 g/mol. The first-order chi connectivity index (χ1) is 6.33. The quantitative estimate of drug-likeness (QED) is 0.657. The van der Waals surface area contributed by atoms with Crippen LogP contribution in [0.2, 0.25) is 0 Å². The van der Waals surface area contributed by atoms with Crippen molar-refractivity contribution in [2.24, 2.45) is 0 Å². The van der Waals surface area contributed by atoms with Gasteiger partial charge >= 0.3 is 0 Å². The zero-order valence-corrected chi connectivity index (χ0v) is 7.31. The van der Waals surface area contributed by atoms with E-state index in [4.69, 9.17) is 4.74 Å². The highest BCUT2D eigenvalue weighted by molar-refractivity contribution is 5.32. The Kier molecular flexibility index (Phi) is 1.35. The van der Waals surface area contributed by atoms with Crippen LogP contribution in [0, 0.1) is 0 Å². The van der Waals surface area contributed by atoms with Crippen molar-refractivity contribution < 1.29 is 9.84 Å². The summed E-state index contributed by atoms with van der Waals surface area (Å²) in [5.74, 6) is 0. The first-order valence-corrected chi connectivity index (χ1v) is 4.74. The first-order valence-electron chi connectivity index (χ1n) is 4.74. The van der Waals surface area contributed by atoms with E-state index in [1.54, 1.807) is 0 Å². The van der Waals surface area contributed by atoms with Gasteiger partial charge in [-0.3, -0.25) is 0 Å². The third kappa shape index (κ3) is 0.901. The van der Waals surface area contributed by atoms with Gasteiger partial charge in [-0.1, -0.05) is 30.3 Å². The molecule has 1 heterocycles. The number of hydrogen-bond donors (Lipinski definition) is 1. The number of aliphatic hydroxyl groups excluding tert-OH is 1. The van der Waals surface area contributed by atoms with Gasteiger partial charge in [-0.2, -0.15) is 0 Å². The molecular formula is C11H12O2. The maximum atomic E-state index is 9.54. The summed E-state index contributed by atoms with van der Waals surface area (Å²) in [5.41, 5.74) is 1.09. The largest absolute Gasteiger partial charge is 0.390 e. The van der Waals surface area contributed by atoms with Crippen molar-refractivity contribution in [3.8, 4) is 0 Å². The maximum Gasteiger partial charge on any atom is 0.122 e. The highest BCUT2D eigenvalue weighted by atomic mass is 16.6. The molecule has 0 bridgehead atoms. The maximum absolute atomic E-state index is 9.54. The second-order valence-electron chi connectivity index (χ2n) is 3.90. The lowest BCUT2D eigenvalue weighted by molar-refractivity contribution is 0.111. The molecule has 0 aromatic heterocycles. The fourth-order valence-electron chi connectivity index (χ4n) is 2.39. The minimum Gasteiger partial charge on any atom is -0.390 e. The molecule has 1 aromatic rings. The van der Waals surface area contributed by atoms with E-state index >= 15 is 0 Å². The van der Waals surface area contributed by atoms with E-state index in [1.807, 2.05) is 18.2 Å². The van der Waals surface area contributed by atoms with E-state index in [0.29, 0.717) is 0 Å². The Morgan fingerprint density at radius 2 is 2.08 bits per heavy atom. The molecule has 0 amide bonds. The zero-order valence-electron chi connectivity index (χ0n) is 7.31. The van der Waals surface area contributed by atoms with Crippen LogP contribution in [-0.2, 0) is 10.3 Å². The molecule has 1 saturated heterocycles. The minimum atomic E-state index is -0.250. The van der Waals surface area contributed by atoms with Gasteiger partial charge in [0.2, 0.25) is 0 Å². The van der Waals surface area contributed by atoms with Gasteiger partial charge in [0, 0.05) is 0 Å². The van der Waals surface area contributed by atoms with Gasteiger partial charge < -0.3 is 9.84 Å². The first kappa shape index (κ1) is 7.54. The predicted octanol–water partition coefficient (Wildman–Crippen LogP) is 1.44. The van der Waals surface area contributed by atoms with Gasteiger partial charge in [-0.15, -0.1) is 0 Å². The molecule has 13 heavy (non-hydrogen) atoms. The molecule has 1 aliphatic carbocycles. The van der Waals surface area contributed by atoms with Crippen LogP contribution in [0.4, 0.5) is 0 Å². The Hall–Kier alpha value is -0.860. The Bertz CT molecular complexity index is 322. The highest BCUT2D eigenvalue weighted by Gasteiger charge is 2.64. The lowest BCUT2D eigenvalue weighted by Crippen LogP contribution is -2.11. The smallest absolute Gasteiger partial charge is 0.122 e. The summed E-state index contributed by atoms with van der Waals surface area (Å²) in [6.45, 7) is 0. The number of benzene rings is 1. The number of rotatable bonds is 1. The van der Waals surface area contributed by atoms with Crippen LogP contribution in [-0.4, -0.2) is 17.3 Å². The van der Waals surface area contributed by atoms with Crippen molar-refractivity contribution in [3.63, 3.8) is 0 Å². The summed E-state index contributed by atoms with van der Waals surface area (Å²) < 4.78 is 5.59. The predicted molar refractivity (Wildman–Crippen MR) is 48.2 cm³/mol. The molecule has 2 nitrogen and oxygen atoms in total. The SMILES string of the molecule is O[C@H]1CC[C@]2(c3ccccc3)O[C@H]12. The fourth-order valence-corrected chi connectivity index (χ4v) is 2.39. The molecule has 0 radical (unpaired) electrons. The summed E-state index contributed by atoms with van der Waals surface area (Å²) in [7, 11) is 0. The third-order valence-corrected chi connectivity index (χ3v) is 3.16. The van der Waals surface area contributed by atoms with E-state index < -0.39 is 0 Å². The van der Waals surface area contributed by atoms with E-state index in [9.17, 15) is 5.11 Å². The van der Waals surface area contributed by atoms with Crippen LogP contribution >= 0.6 is 0 Å². The number of fused-ring (bicyclic) bond motifs is 1. The number of hydrogen-bond acceptors (Lipinski definition) is 2. The van der Waals surface area contributed by atoms with Crippen molar-refractivity contribution in [1.82, 2.24) is 0 Å². The fraction of sp³-hybridized carbons (Fsp3) is 0.455. The number of aliphatic hydroxyl groups is 1. The average Bonchev–Trinajstić information content (AvgIpc) is 2.85. The van der Waals surface area contributed by atoms with Crippen molar-refractivity contribution in [2.45, 2.75) is 30.7 Å². The molecule has 1 aliphatic heterocycles. The molecule has 68 valence electrons. The van der Waals surface area contributed by atoms with Crippen LogP contribution < -0.4 is 0 Å². The molecule has 1 saturated carbocycles. The van der Waals surface area contributed by atoms with Crippen LogP contribution in [0.3, 0.4) is 0 Å². The Balaban J connectivity index is 1.96. The summed E-state index contributed by atoms with van der Waals surface area (Å²) in [6.07, 6.45) is 1.65. The standard InChI is InChI=1S/C11H12O2/c12-9-6-7-11(10(9)13-11)8-4-2-1-3-5-8/h1-5,9-10,12H,6-7H2/t9-,10+,11+/m0/s1. The van der Waals surface area contributed by atoms with Gasteiger partial charge in [0.15, 0.2) is 0 Å². The normalized spacial score (nSPS) is 41.6. The summed E-state index contributed by atoms with van der Waals surface area (Å²) in [5, 5.41) is 9.54. The topological polar surface area (TPSA) is 32.8 Å². The van der Waals surface area contributed by atoms with E-state index in [2.05, 4.69) is 12.1 Å². The van der Waals surface area contributed by atoms with Crippen LogP contribution in [0.25, 0.3) is 0 Å². The Morgan fingerprint density at radius 1 is 1.31 bits per heavy atom. The summed E-state index contributed by atoms with van der Waals surface area (Å²) in [6, 6.07) is 10.2. The minimum absolute atomic E-state index is 0.0647. The second-order valence-corrected chi connectivity index (χ2v) is 3.90. The van der Waals surface area contributed by atoms with Gasteiger partial charge in [-0.05, 0) is 18.4 Å². The lowest BCUT2D eigenvalue weighted by Gasteiger charge is -2.07. The zero-order chi connectivity index (χ0) is 8.89. The van der Waals surface area contributed by atoms with Gasteiger partial charge in [0.05, 0.1) is 6.10 Å². The molecule has 1 N–H and O–H groups in total. The molecule has 1 aromatic carbocycles. The molecule has 0 spiro atoms. The molecular weight excluding hydrogens is 164 g/mol. The van der Waals surface area contributed by atoms with Crippen LogP contribution in [0.5, 0.6) is 0 Å². The van der Waals surface area contributed by atoms with E-state index in [0.717, 1.165) is 12.8 Å². The molecule has 2 fully saturated rings. The molecule has 2 aliphatic rings. The molecule has 3 atom stereocenters. The lowest BCUT2D eigenvalue weighted by atomic mass is 9.97. The van der Waals surface area contributed by atoms with Crippen molar-refractivity contribution in [2.75, 3.05) is 0 Å². The van der Waals surface area contributed by atoms with Crippen LogP contribution in [0.1, 0.15) is 18.4 Å². The Morgan fingerprint density at radius 3 is 2.62 bits per heavy atom.